The molecule has 0 aliphatic rings. The third-order valence-corrected chi connectivity index (χ3v) is 8.06. The molecule has 0 atom stereocenters. The van der Waals surface area contributed by atoms with Crippen LogP contribution in [0.25, 0.3) is 0 Å². The van der Waals surface area contributed by atoms with Crippen LogP contribution in [0.3, 0.4) is 0 Å². The molecule has 2 N–H and O–H groups in total. The Labute approximate surface area is 180 Å². The highest BCUT2D eigenvalue weighted by molar-refractivity contribution is 8.01. The largest absolute Gasteiger partial charge is 0.360 e. The second-order valence-corrected chi connectivity index (χ2v) is 10.2. The fraction of sp³-hybridized carbons (Fsp3) is 0.500. The fourth-order valence-corrected chi connectivity index (χ4v) is 5.56. The number of hydrogen-bond donors (Lipinski definition) is 2. The minimum absolute atomic E-state index is 0.163. The summed E-state index contributed by atoms with van der Waals surface area (Å²) in [7, 11) is -3.57. The van der Waals surface area contributed by atoms with Crippen molar-refractivity contribution in [1.29, 1.82) is 0 Å². The molecule has 1 amide bonds. The zero-order valence-electron chi connectivity index (χ0n) is 16.8. The minimum Gasteiger partial charge on any atom is -0.360 e. The van der Waals surface area contributed by atoms with Crippen LogP contribution in [-0.2, 0) is 14.8 Å². The Morgan fingerprint density at radius 2 is 1.97 bits per heavy atom. The van der Waals surface area contributed by atoms with Crippen LogP contribution < -0.4 is 10.6 Å². The number of anilines is 2. The Morgan fingerprint density at radius 1 is 1.21 bits per heavy atom. The molecule has 2 aromatic rings. The van der Waals surface area contributed by atoms with E-state index in [0.717, 1.165) is 24.5 Å². The van der Waals surface area contributed by atoms with Crippen molar-refractivity contribution in [2.75, 3.05) is 36.0 Å². The van der Waals surface area contributed by atoms with Crippen molar-refractivity contribution in [3.8, 4) is 0 Å². The summed E-state index contributed by atoms with van der Waals surface area (Å²) in [5, 5.41) is 14.8. The van der Waals surface area contributed by atoms with Gasteiger partial charge >= 0.3 is 0 Å². The first-order chi connectivity index (χ1) is 13.9. The molecule has 2 rings (SSSR count). The predicted octanol–water partition coefficient (Wildman–Crippen LogP) is 3.51. The van der Waals surface area contributed by atoms with E-state index >= 15 is 0 Å². The number of benzene rings is 1. The Kier molecular flexibility index (Phi) is 9.34. The maximum Gasteiger partial charge on any atom is 0.243 e. The van der Waals surface area contributed by atoms with Crippen LogP contribution in [0, 0.1) is 0 Å². The van der Waals surface area contributed by atoms with Gasteiger partial charge in [0.25, 0.3) is 0 Å². The second-order valence-electron chi connectivity index (χ2n) is 6.11. The topological polar surface area (TPSA) is 104 Å². The van der Waals surface area contributed by atoms with Gasteiger partial charge in [-0.2, -0.15) is 4.31 Å². The van der Waals surface area contributed by atoms with E-state index in [1.165, 1.54) is 39.5 Å². The highest BCUT2D eigenvalue weighted by Gasteiger charge is 2.21. The van der Waals surface area contributed by atoms with Gasteiger partial charge in [0.15, 0.2) is 4.34 Å². The molecule has 0 spiro atoms. The first-order valence-electron chi connectivity index (χ1n) is 9.50. The Bertz CT molecular complexity index is 898. The van der Waals surface area contributed by atoms with Crippen LogP contribution >= 0.6 is 23.1 Å². The van der Waals surface area contributed by atoms with Gasteiger partial charge in [0.05, 0.1) is 10.6 Å². The van der Waals surface area contributed by atoms with E-state index in [4.69, 9.17) is 0 Å². The van der Waals surface area contributed by atoms with Crippen LogP contribution in [0.5, 0.6) is 0 Å². The van der Waals surface area contributed by atoms with Crippen LogP contribution in [-0.4, -0.2) is 54.2 Å². The summed E-state index contributed by atoms with van der Waals surface area (Å²) < 4.78 is 27.3. The lowest BCUT2D eigenvalue weighted by Gasteiger charge is -2.18. The van der Waals surface area contributed by atoms with E-state index in [-0.39, 0.29) is 16.6 Å². The summed E-state index contributed by atoms with van der Waals surface area (Å²) in [6, 6.07) is 6.31. The predicted molar refractivity (Wildman–Crippen MR) is 119 cm³/mol. The average molecular weight is 458 g/mol. The Balaban J connectivity index is 1.93. The number of rotatable bonds is 12. The first kappa shape index (κ1) is 23.6. The number of nitrogens with zero attached hydrogens (tertiary/aromatic N) is 3. The van der Waals surface area contributed by atoms with Gasteiger partial charge in [0.2, 0.25) is 21.1 Å². The Hall–Kier alpha value is -1.69. The molecule has 8 nitrogen and oxygen atoms in total. The zero-order valence-corrected chi connectivity index (χ0v) is 19.3. The average Bonchev–Trinajstić information content (AvgIpc) is 3.15. The molecule has 0 fully saturated rings. The molecular weight excluding hydrogens is 430 g/mol. The number of hydrogen-bond acceptors (Lipinski definition) is 8. The summed E-state index contributed by atoms with van der Waals surface area (Å²) in [6.07, 6.45) is 2.17. The minimum atomic E-state index is -3.57. The van der Waals surface area contributed by atoms with E-state index in [2.05, 4.69) is 27.8 Å². The number of sulfonamides is 1. The van der Waals surface area contributed by atoms with E-state index in [0.29, 0.717) is 23.1 Å². The summed E-state index contributed by atoms with van der Waals surface area (Å²) >= 11 is 2.71. The number of unbranched alkanes of at least 4 members (excludes halogenated alkanes) is 1. The zero-order chi connectivity index (χ0) is 21.3. The first-order valence-corrected chi connectivity index (χ1v) is 12.7. The van der Waals surface area contributed by atoms with Gasteiger partial charge in [-0.1, -0.05) is 56.4 Å². The molecule has 1 heterocycles. The van der Waals surface area contributed by atoms with E-state index < -0.39 is 10.0 Å². The third-order valence-electron chi connectivity index (χ3n) is 4.00. The summed E-state index contributed by atoms with van der Waals surface area (Å²) in [6.45, 7) is 7.34. The fourth-order valence-electron chi connectivity index (χ4n) is 2.48. The smallest absolute Gasteiger partial charge is 0.243 e. The van der Waals surface area contributed by atoms with Crippen LogP contribution in [0.15, 0.2) is 33.5 Å². The van der Waals surface area contributed by atoms with Gasteiger partial charge in [-0.05, 0) is 24.6 Å². The quantitative estimate of drug-likeness (QED) is 0.371. The third kappa shape index (κ3) is 6.95. The lowest BCUT2D eigenvalue weighted by molar-refractivity contribution is -0.113. The highest BCUT2D eigenvalue weighted by Crippen LogP contribution is 2.26. The normalized spacial score (nSPS) is 11.6. The summed E-state index contributed by atoms with van der Waals surface area (Å²) in [5.41, 5.74) is 0.447. The molecule has 11 heteroatoms. The molecule has 0 unspecified atom stereocenters. The van der Waals surface area contributed by atoms with E-state index in [9.17, 15) is 13.2 Å². The highest BCUT2D eigenvalue weighted by atomic mass is 32.2. The van der Waals surface area contributed by atoms with Crippen molar-refractivity contribution in [3.05, 3.63) is 24.3 Å². The lowest BCUT2D eigenvalue weighted by atomic mass is 10.3. The molecule has 0 saturated carbocycles. The number of amides is 1. The van der Waals surface area contributed by atoms with Gasteiger partial charge < -0.3 is 10.6 Å². The monoisotopic (exact) mass is 457 g/mol. The van der Waals surface area contributed by atoms with Crippen molar-refractivity contribution < 1.29 is 13.2 Å². The van der Waals surface area contributed by atoms with Gasteiger partial charge in [-0.15, -0.1) is 10.2 Å². The van der Waals surface area contributed by atoms with Gasteiger partial charge in [-0.3, -0.25) is 4.79 Å². The summed E-state index contributed by atoms with van der Waals surface area (Å²) in [5.74, 6) is -0.0700. The number of carbonyl (C=O) groups is 1. The molecule has 0 aliphatic heterocycles. The second kappa shape index (κ2) is 11.5. The molecule has 1 aromatic carbocycles. The maximum atomic E-state index is 12.6. The molecule has 160 valence electrons. The van der Waals surface area contributed by atoms with Crippen molar-refractivity contribution >= 4 is 49.8 Å². The molecule has 0 aliphatic carbocycles. The van der Waals surface area contributed by atoms with Crippen molar-refractivity contribution in [2.45, 2.75) is 42.8 Å². The van der Waals surface area contributed by atoms with Gasteiger partial charge in [-0.25, -0.2) is 8.42 Å². The van der Waals surface area contributed by atoms with Crippen LogP contribution in [0.4, 0.5) is 10.8 Å². The Morgan fingerprint density at radius 3 is 2.66 bits per heavy atom. The van der Waals surface area contributed by atoms with E-state index in [1.54, 1.807) is 26.0 Å². The SMILES string of the molecule is CCCCNc1nnc(SCC(=O)Nc2cccc(S(=O)(=O)N(CC)CC)c2)s1. The maximum absolute atomic E-state index is 12.6. The lowest BCUT2D eigenvalue weighted by Crippen LogP contribution is -2.30. The van der Waals surface area contributed by atoms with Crippen LogP contribution in [0.1, 0.15) is 33.6 Å². The standard InChI is InChI=1S/C18H27N5O3S3/c1-4-7-11-19-17-21-22-18(28-17)27-13-16(24)20-14-9-8-10-15(12-14)29(25,26)23(5-2)6-3/h8-10,12H,4-7,11,13H2,1-3H3,(H,19,21)(H,20,24). The van der Waals surface area contributed by atoms with Crippen molar-refractivity contribution in [3.63, 3.8) is 0 Å². The van der Waals surface area contributed by atoms with Crippen molar-refractivity contribution in [1.82, 2.24) is 14.5 Å². The molecular formula is C18H27N5O3S3. The van der Waals surface area contributed by atoms with Crippen molar-refractivity contribution in [2.24, 2.45) is 0 Å². The van der Waals surface area contributed by atoms with Gasteiger partial charge in [0, 0.05) is 25.3 Å². The number of aromatic nitrogens is 2. The molecule has 0 saturated heterocycles. The number of carbonyl (C=O) groups excluding carboxylic acids is 1. The van der Waals surface area contributed by atoms with Crippen LogP contribution in [0.2, 0.25) is 0 Å². The van der Waals surface area contributed by atoms with E-state index in [1.807, 2.05) is 0 Å². The molecule has 29 heavy (non-hydrogen) atoms. The molecule has 0 radical (unpaired) electrons. The van der Waals surface area contributed by atoms with Gasteiger partial charge in [0.1, 0.15) is 0 Å². The summed E-state index contributed by atoms with van der Waals surface area (Å²) in [4.78, 5) is 12.4. The number of thioether (sulfide) groups is 1. The molecule has 0 bridgehead atoms. The molecule has 1 aromatic heterocycles. The number of nitrogens with one attached hydrogen (secondary N) is 2.